The van der Waals surface area contributed by atoms with Gasteiger partial charge < -0.3 is 5.73 Å². The molecular weight excluding hydrogens is 293 g/mol. The van der Waals surface area contributed by atoms with Crippen molar-refractivity contribution in [3.05, 3.63) is 53.3 Å². The van der Waals surface area contributed by atoms with Gasteiger partial charge in [0.25, 0.3) is 10.0 Å². The summed E-state index contributed by atoms with van der Waals surface area (Å²) in [6, 6.07) is 9.68. The molecule has 5 nitrogen and oxygen atoms in total. The van der Waals surface area contributed by atoms with Gasteiger partial charge in [0.1, 0.15) is 5.82 Å². The molecule has 3 N–H and O–H groups in total. The molecule has 2 aromatic rings. The van der Waals surface area contributed by atoms with E-state index in [1.54, 1.807) is 6.92 Å². The van der Waals surface area contributed by atoms with Crippen molar-refractivity contribution in [3.8, 4) is 6.07 Å². The maximum atomic E-state index is 13.6. The second-order valence-electron chi connectivity index (χ2n) is 4.44. The first-order valence-electron chi connectivity index (χ1n) is 5.92. The van der Waals surface area contributed by atoms with Crippen LogP contribution in [0.1, 0.15) is 11.1 Å². The summed E-state index contributed by atoms with van der Waals surface area (Å²) < 4.78 is 40.3. The number of nitrogens with one attached hydrogen (secondary N) is 1. The minimum absolute atomic E-state index is 0.0247. The number of sulfonamides is 1. The van der Waals surface area contributed by atoms with E-state index in [2.05, 4.69) is 4.72 Å². The minimum atomic E-state index is -3.96. The highest BCUT2D eigenvalue weighted by molar-refractivity contribution is 7.92. The SMILES string of the molecule is Cc1cc(C#N)ccc1S(=O)(=O)Nc1cc(N)ccc1F. The molecule has 21 heavy (non-hydrogen) atoms. The molecule has 0 fully saturated rings. The molecule has 0 unspecified atom stereocenters. The van der Waals surface area contributed by atoms with Gasteiger partial charge in [-0.25, -0.2) is 12.8 Å². The third-order valence-electron chi connectivity index (χ3n) is 2.83. The van der Waals surface area contributed by atoms with E-state index in [1.807, 2.05) is 6.07 Å². The highest BCUT2D eigenvalue weighted by atomic mass is 32.2. The van der Waals surface area contributed by atoms with Crippen LogP contribution in [0.4, 0.5) is 15.8 Å². The zero-order valence-electron chi connectivity index (χ0n) is 11.1. The summed E-state index contributed by atoms with van der Waals surface area (Å²) in [5.41, 5.74) is 6.28. The van der Waals surface area contributed by atoms with Crippen LogP contribution in [0.5, 0.6) is 0 Å². The van der Waals surface area contributed by atoms with Crippen molar-refractivity contribution >= 4 is 21.4 Å². The van der Waals surface area contributed by atoms with Crippen LogP contribution in [0, 0.1) is 24.1 Å². The Balaban J connectivity index is 2.44. The zero-order chi connectivity index (χ0) is 15.6. The maximum Gasteiger partial charge on any atom is 0.262 e. The smallest absolute Gasteiger partial charge is 0.262 e. The summed E-state index contributed by atoms with van der Waals surface area (Å²) in [5, 5.41) is 8.78. The molecule has 0 spiro atoms. The van der Waals surface area contributed by atoms with Crippen molar-refractivity contribution in [3.63, 3.8) is 0 Å². The lowest BCUT2D eigenvalue weighted by molar-refractivity contribution is 0.598. The predicted molar refractivity (Wildman–Crippen MR) is 77.5 cm³/mol. The van der Waals surface area contributed by atoms with Crippen LogP contribution >= 0.6 is 0 Å². The largest absolute Gasteiger partial charge is 0.399 e. The Bertz CT molecular complexity index is 842. The molecule has 0 aliphatic carbocycles. The second-order valence-corrected chi connectivity index (χ2v) is 6.09. The van der Waals surface area contributed by atoms with Crippen molar-refractivity contribution < 1.29 is 12.8 Å². The molecule has 0 heterocycles. The van der Waals surface area contributed by atoms with Gasteiger partial charge in [0.2, 0.25) is 0 Å². The Labute approximate surface area is 121 Å². The van der Waals surface area contributed by atoms with E-state index < -0.39 is 15.8 Å². The zero-order valence-corrected chi connectivity index (χ0v) is 11.9. The van der Waals surface area contributed by atoms with Gasteiger partial charge in [0, 0.05) is 5.69 Å². The van der Waals surface area contributed by atoms with Crippen molar-refractivity contribution in [1.82, 2.24) is 0 Å². The molecule has 0 saturated heterocycles. The van der Waals surface area contributed by atoms with Crippen LogP contribution < -0.4 is 10.5 Å². The lowest BCUT2D eigenvalue weighted by atomic mass is 10.2. The summed E-state index contributed by atoms with van der Waals surface area (Å²) >= 11 is 0. The van der Waals surface area contributed by atoms with E-state index in [0.29, 0.717) is 11.1 Å². The fourth-order valence-corrected chi connectivity index (χ4v) is 3.13. The first-order valence-corrected chi connectivity index (χ1v) is 7.40. The third kappa shape index (κ3) is 3.12. The van der Waals surface area contributed by atoms with E-state index >= 15 is 0 Å². The Hall–Kier alpha value is -2.59. The monoisotopic (exact) mass is 305 g/mol. The summed E-state index contributed by atoms with van der Waals surface area (Å²) in [4.78, 5) is -0.0247. The fourth-order valence-electron chi connectivity index (χ4n) is 1.84. The van der Waals surface area contributed by atoms with E-state index in [0.717, 1.165) is 6.07 Å². The highest BCUT2D eigenvalue weighted by Crippen LogP contribution is 2.23. The number of hydrogen-bond donors (Lipinski definition) is 2. The number of nitrogen functional groups attached to an aromatic ring is 1. The van der Waals surface area contributed by atoms with Crippen LogP contribution in [-0.4, -0.2) is 8.42 Å². The molecule has 0 aliphatic rings. The number of anilines is 2. The van der Waals surface area contributed by atoms with Crippen LogP contribution in [0.25, 0.3) is 0 Å². The van der Waals surface area contributed by atoms with Gasteiger partial charge in [0.15, 0.2) is 0 Å². The number of aryl methyl sites for hydroxylation is 1. The Kier molecular flexibility index (Phi) is 3.82. The molecule has 2 aromatic carbocycles. The number of benzene rings is 2. The normalized spacial score (nSPS) is 10.9. The van der Waals surface area contributed by atoms with Crippen LogP contribution in [0.15, 0.2) is 41.3 Å². The molecular formula is C14H12FN3O2S. The Morgan fingerprint density at radius 3 is 2.57 bits per heavy atom. The van der Waals surface area contributed by atoms with Crippen molar-refractivity contribution in [1.29, 1.82) is 5.26 Å². The Morgan fingerprint density at radius 1 is 1.24 bits per heavy atom. The van der Waals surface area contributed by atoms with Crippen LogP contribution in [0.2, 0.25) is 0 Å². The summed E-state index contributed by atoms with van der Waals surface area (Å²) in [5.74, 6) is -0.723. The summed E-state index contributed by atoms with van der Waals surface area (Å²) in [6.45, 7) is 1.56. The molecule has 0 amide bonds. The molecule has 0 radical (unpaired) electrons. The first-order chi connectivity index (χ1) is 9.83. The molecule has 0 aromatic heterocycles. The first kappa shape index (κ1) is 14.8. The van der Waals surface area contributed by atoms with Crippen LogP contribution in [-0.2, 0) is 10.0 Å². The minimum Gasteiger partial charge on any atom is -0.399 e. The van der Waals surface area contributed by atoms with Gasteiger partial charge in [-0.2, -0.15) is 5.26 Å². The van der Waals surface area contributed by atoms with Gasteiger partial charge in [-0.3, -0.25) is 4.72 Å². The predicted octanol–water partition coefficient (Wildman–Crippen LogP) is 2.39. The van der Waals surface area contributed by atoms with E-state index in [9.17, 15) is 12.8 Å². The van der Waals surface area contributed by atoms with Crippen LogP contribution in [0.3, 0.4) is 0 Å². The molecule has 0 bridgehead atoms. The summed E-state index contributed by atoms with van der Waals surface area (Å²) in [7, 11) is -3.96. The fraction of sp³-hybridized carbons (Fsp3) is 0.0714. The summed E-state index contributed by atoms with van der Waals surface area (Å²) in [6.07, 6.45) is 0. The number of nitriles is 1. The highest BCUT2D eigenvalue weighted by Gasteiger charge is 2.19. The van der Waals surface area contributed by atoms with Gasteiger partial charge in [-0.1, -0.05) is 0 Å². The van der Waals surface area contributed by atoms with Gasteiger partial charge >= 0.3 is 0 Å². The number of rotatable bonds is 3. The molecule has 0 saturated carbocycles. The average molecular weight is 305 g/mol. The van der Waals surface area contributed by atoms with E-state index in [-0.39, 0.29) is 16.3 Å². The van der Waals surface area contributed by atoms with Crippen molar-refractivity contribution in [2.75, 3.05) is 10.5 Å². The number of nitrogens with two attached hydrogens (primary N) is 1. The molecule has 108 valence electrons. The standard InChI is InChI=1S/C14H12FN3O2S/c1-9-6-10(8-16)2-5-14(9)21(19,20)18-13-7-11(17)3-4-12(13)15/h2-7,18H,17H2,1H3. The topological polar surface area (TPSA) is 96.0 Å². The molecule has 7 heteroatoms. The lowest BCUT2D eigenvalue weighted by Gasteiger charge is -2.11. The van der Waals surface area contributed by atoms with Gasteiger partial charge in [-0.05, 0) is 48.9 Å². The van der Waals surface area contributed by atoms with E-state index in [4.69, 9.17) is 11.0 Å². The quantitative estimate of drug-likeness (QED) is 0.851. The molecule has 0 aliphatic heterocycles. The van der Waals surface area contributed by atoms with Crippen molar-refractivity contribution in [2.24, 2.45) is 0 Å². The molecule has 0 atom stereocenters. The number of halogens is 1. The second kappa shape index (κ2) is 5.42. The Morgan fingerprint density at radius 2 is 1.95 bits per heavy atom. The average Bonchev–Trinajstić information content (AvgIpc) is 2.42. The third-order valence-corrected chi connectivity index (χ3v) is 4.35. The number of nitrogens with zero attached hydrogens (tertiary/aromatic N) is 1. The van der Waals surface area contributed by atoms with Crippen molar-refractivity contribution in [2.45, 2.75) is 11.8 Å². The van der Waals surface area contributed by atoms with Gasteiger partial charge in [-0.15, -0.1) is 0 Å². The number of hydrogen-bond acceptors (Lipinski definition) is 4. The van der Waals surface area contributed by atoms with E-state index in [1.165, 1.54) is 30.3 Å². The van der Waals surface area contributed by atoms with Gasteiger partial charge in [0.05, 0.1) is 22.2 Å². The maximum absolute atomic E-state index is 13.6. The lowest BCUT2D eigenvalue weighted by Crippen LogP contribution is -2.15. The molecule has 2 rings (SSSR count).